The van der Waals surface area contributed by atoms with E-state index in [4.69, 9.17) is 9.15 Å². The number of carbonyl (C=O) groups excluding carboxylic acids is 1. The van der Waals surface area contributed by atoms with Crippen LogP contribution in [0.4, 0.5) is 0 Å². The molecule has 0 atom stereocenters. The number of hydrogen-bond acceptors (Lipinski definition) is 3. The Labute approximate surface area is 116 Å². The van der Waals surface area contributed by atoms with Gasteiger partial charge in [0.2, 0.25) is 0 Å². The summed E-state index contributed by atoms with van der Waals surface area (Å²) in [5.74, 6) is 0.387. The van der Waals surface area contributed by atoms with Crippen LogP contribution in [0, 0.1) is 6.92 Å². The molecule has 3 nitrogen and oxygen atoms in total. The van der Waals surface area contributed by atoms with E-state index in [9.17, 15) is 4.79 Å². The summed E-state index contributed by atoms with van der Waals surface area (Å²) in [5.41, 5.74) is 3.06. The summed E-state index contributed by atoms with van der Waals surface area (Å²) < 4.78 is 10.5. The van der Waals surface area contributed by atoms with Crippen molar-refractivity contribution < 1.29 is 13.9 Å². The van der Waals surface area contributed by atoms with Crippen LogP contribution in [0.25, 0.3) is 22.1 Å². The molecule has 0 radical (unpaired) electrons. The van der Waals surface area contributed by atoms with Crippen LogP contribution in [0.5, 0.6) is 0 Å². The molecule has 0 aliphatic heterocycles. The third kappa shape index (κ3) is 2.07. The van der Waals surface area contributed by atoms with Crippen molar-refractivity contribution in [3.8, 4) is 11.1 Å². The molecule has 100 valence electrons. The van der Waals surface area contributed by atoms with Crippen LogP contribution >= 0.6 is 0 Å². The van der Waals surface area contributed by atoms with Gasteiger partial charge in [-0.05, 0) is 36.2 Å². The van der Waals surface area contributed by atoms with Crippen molar-refractivity contribution in [1.82, 2.24) is 0 Å². The fraction of sp³-hybridized carbons (Fsp3) is 0.118. The van der Waals surface area contributed by atoms with E-state index in [-0.39, 0.29) is 5.97 Å². The maximum Gasteiger partial charge on any atom is 0.341 e. The molecular weight excluding hydrogens is 252 g/mol. The number of furan rings is 1. The van der Waals surface area contributed by atoms with Gasteiger partial charge in [0.15, 0.2) is 0 Å². The third-order valence-electron chi connectivity index (χ3n) is 3.25. The summed E-state index contributed by atoms with van der Waals surface area (Å²) in [4.78, 5) is 11.9. The largest absolute Gasteiger partial charge is 0.465 e. The molecule has 3 heteroatoms. The summed E-state index contributed by atoms with van der Waals surface area (Å²) in [5, 5.41) is 0.907. The lowest BCUT2D eigenvalue weighted by atomic mass is 10.0. The Hall–Kier alpha value is -2.55. The minimum absolute atomic E-state index is 0.387. The third-order valence-corrected chi connectivity index (χ3v) is 3.25. The van der Waals surface area contributed by atoms with Crippen LogP contribution in [0.3, 0.4) is 0 Å². The highest BCUT2D eigenvalue weighted by Crippen LogP contribution is 2.30. The monoisotopic (exact) mass is 266 g/mol. The van der Waals surface area contributed by atoms with Crippen LogP contribution in [0.15, 0.2) is 52.9 Å². The lowest BCUT2D eigenvalue weighted by Crippen LogP contribution is -2.01. The average molecular weight is 266 g/mol. The first kappa shape index (κ1) is 12.5. The van der Waals surface area contributed by atoms with E-state index in [0.29, 0.717) is 11.1 Å². The zero-order valence-electron chi connectivity index (χ0n) is 11.3. The van der Waals surface area contributed by atoms with Crippen molar-refractivity contribution in [2.24, 2.45) is 0 Å². The van der Waals surface area contributed by atoms with E-state index in [1.807, 2.05) is 55.5 Å². The molecule has 0 bridgehead atoms. The van der Waals surface area contributed by atoms with Gasteiger partial charge in [0.1, 0.15) is 16.9 Å². The first-order valence-electron chi connectivity index (χ1n) is 6.37. The van der Waals surface area contributed by atoms with E-state index in [0.717, 1.165) is 22.3 Å². The number of methoxy groups -OCH3 is 1. The molecule has 1 heterocycles. The zero-order chi connectivity index (χ0) is 14.1. The number of hydrogen-bond donors (Lipinski definition) is 0. The lowest BCUT2D eigenvalue weighted by Gasteiger charge is -2.05. The van der Waals surface area contributed by atoms with Crippen molar-refractivity contribution >= 4 is 16.9 Å². The highest BCUT2D eigenvalue weighted by Gasteiger charge is 2.16. The van der Waals surface area contributed by atoms with E-state index in [1.165, 1.54) is 7.11 Å². The average Bonchev–Trinajstić information content (AvgIpc) is 2.86. The van der Waals surface area contributed by atoms with Gasteiger partial charge in [0.25, 0.3) is 0 Å². The van der Waals surface area contributed by atoms with Gasteiger partial charge in [0, 0.05) is 5.39 Å². The molecule has 0 saturated heterocycles. The van der Waals surface area contributed by atoms with Gasteiger partial charge >= 0.3 is 5.97 Å². The maximum absolute atomic E-state index is 11.9. The van der Waals surface area contributed by atoms with E-state index >= 15 is 0 Å². The Morgan fingerprint density at radius 1 is 1.05 bits per heavy atom. The minimum Gasteiger partial charge on any atom is -0.465 e. The lowest BCUT2D eigenvalue weighted by molar-refractivity contribution is 0.0602. The predicted molar refractivity (Wildman–Crippen MR) is 77.7 cm³/mol. The molecular formula is C17H14O3. The molecule has 0 saturated carbocycles. The van der Waals surface area contributed by atoms with Gasteiger partial charge < -0.3 is 9.15 Å². The summed E-state index contributed by atoms with van der Waals surface area (Å²) in [6.45, 7) is 1.86. The Morgan fingerprint density at radius 3 is 2.50 bits per heavy atom. The first-order valence-corrected chi connectivity index (χ1v) is 6.37. The number of esters is 1. The summed E-state index contributed by atoms with van der Waals surface area (Å²) in [7, 11) is 1.37. The molecule has 0 amide bonds. The number of benzene rings is 2. The van der Waals surface area contributed by atoms with Gasteiger partial charge in [-0.25, -0.2) is 4.79 Å². The zero-order valence-corrected chi connectivity index (χ0v) is 11.3. The smallest absolute Gasteiger partial charge is 0.341 e. The first-order chi connectivity index (χ1) is 9.69. The Kier molecular flexibility index (Phi) is 3.03. The van der Waals surface area contributed by atoms with Gasteiger partial charge in [-0.3, -0.25) is 0 Å². The van der Waals surface area contributed by atoms with E-state index in [1.54, 1.807) is 0 Å². The predicted octanol–water partition coefficient (Wildman–Crippen LogP) is 4.19. The highest BCUT2D eigenvalue weighted by atomic mass is 16.5. The molecule has 2 aromatic carbocycles. The van der Waals surface area contributed by atoms with Crippen LogP contribution in [-0.2, 0) is 4.74 Å². The van der Waals surface area contributed by atoms with Crippen molar-refractivity contribution in [3.05, 3.63) is 59.9 Å². The van der Waals surface area contributed by atoms with Gasteiger partial charge in [0.05, 0.1) is 7.11 Å². The number of aryl methyl sites for hydroxylation is 1. The SMILES string of the molecule is COC(=O)c1cc(-c2ccccc2)cc2cc(C)oc12. The van der Waals surface area contributed by atoms with Gasteiger partial charge in [-0.2, -0.15) is 0 Å². The number of fused-ring (bicyclic) bond motifs is 1. The molecule has 0 N–H and O–H groups in total. The standard InChI is InChI=1S/C17H14O3/c1-11-8-14-9-13(12-6-4-3-5-7-12)10-15(16(14)20-11)17(18)19-2/h3-10H,1-2H3. The van der Waals surface area contributed by atoms with Crippen molar-refractivity contribution in [2.45, 2.75) is 6.92 Å². The normalized spacial score (nSPS) is 10.7. The molecule has 20 heavy (non-hydrogen) atoms. The molecule has 3 rings (SSSR count). The molecule has 0 spiro atoms. The van der Waals surface area contributed by atoms with Crippen molar-refractivity contribution in [3.63, 3.8) is 0 Å². The number of carbonyl (C=O) groups is 1. The molecule has 0 fully saturated rings. The summed E-state index contributed by atoms with van der Waals surface area (Å²) >= 11 is 0. The molecule has 1 aromatic heterocycles. The second-order valence-corrected chi connectivity index (χ2v) is 4.66. The van der Waals surface area contributed by atoms with Crippen LogP contribution in [0.2, 0.25) is 0 Å². The van der Waals surface area contributed by atoms with Crippen molar-refractivity contribution in [2.75, 3.05) is 7.11 Å². The number of rotatable bonds is 2. The van der Waals surface area contributed by atoms with Gasteiger partial charge in [-0.15, -0.1) is 0 Å². The molecule has 3 aromatic rings. The Morgan fingerprint density at radius 2 is 1.80 bits per heavy atom. The van der Waals surface area contributed by atoms with E-state index in [2.05, 4.69) is 0 Å². The van der Waals surface area contributed by atoms with Crippen LogP contribution < -0.4 is 0 Å². The van der Waals surface area contributed by atoms with Crippen LogP contribution in [0.1, 0.15) is 16.1 Å². The van der Waals surface area contributed by atoms with Crippen LogP contribution in [-0.4, -0.2) is 13.1 Å². The summed E-state index contributed by atoms with van der Waals surface area (Å²) in [6, 6.07) is 15.7. The van der Waals surface area contributed by atoms with E-state index < -0.39 is 0 Å². The second-order valence-electron chi connectivity index (χ2n) is 4.66. The van der Waals surface area contributed by atoms with Crippen molar-refractivity contribution in [1.29, 1.82) is 0 Å². The second kappa shape index (κ2) is 4.85. The fourth-order valence-electron chi connectivity index (χ4n) is 2.34. The Bertz CT molecular complexity index is 770. The highest BCUT2D eigenvalue weighted by molar-refractivity contribution is 6.04. The fourth-order valence-corrected chi connectivity index (χ4v) is 2.34. The molecule has 0 unspecified atom stereocenters. The molecule has 0 aliphatic carbocycles. The quantitative estimate of drug-likeness (QED) is 0.653. The minimum atomic E-state index is -0.387. The van der Waals surface area contributed by atoms with Gasteiger partial charge in [-0.1, -0.05) is 30.3 Å². The molecule has 0 aliphatic rings. The maximum atomic E-state index is 11.9. The topological polar surface area (TPSA) is 39.4 Å². The number of ether oxygens (including phenoxy) is 1. The Balaban J connectivity index is 2.27. The summed E-state index contributed by atoms with van der Waals surface area (Å²) in [6.07, 6.45) is 0.